The topological polar surface area (TPSA) is 92.9 Å². The van der Waals surface area contributed by atoms with Crippen LogP contribution in [0, 0.1) is 0 Å². The van der Waals surface area contributed by atoms with Crippen molar-refractivity contribution in [2.45, 2.75) is 12.5 Å². The van der Waals surface area contributed by atoms with Gasteiger partial charge >= 0.3 is 12.0 Å². The molecule has 0 saturated carbocycles. The molecule has 1 saturated heterocycles. The van der Waals surface area contributed by atoms with Crippen LogP contribution in [0.5, 0.6) is 0 Å². The normalized spacial score (nSPS) is 20.9. The second-order valence-corrected chi connectivity index (χ2v) is 2.88. The smallest absolute Gasteiger partial charge is 0.329 e. The second kappa shape index (κ2) is 4.08. The predicted molar refractivity (Wildman–Crippen MR) is 43.1 cm³/mol. The molecule has 1 aliphatic rings. The van der Waals surface area contributed by atoms with Crippen LogP contribution in [-0.2, 0) is 9.53 Å². The number of carbonyl (C=O) groups excluding carboxylic acids is 1. The van der Waals surface area contributed by atoms with Crippen molar-refractivity contribution in [1.29, 1.82) is 0 Å². The molecule has 0 aromatic rings. The summed E-state index contributed by atoms with van der Waals surface area (Å²) >= 11 is 0. The third kappa shape index (κ3) is 2.59. The molecule has 0 aliphatic carbocycles. The molecule has 0 aromatic heterocycles. The lowest BCUT2D eigenvalue weighted by Crippen LogP contribution is -2.55. The van der Waals surface area contributed by atoms with E-state index < -0.39 is 12.0 Å². The molecule has 6 nitrogen and oxygen atoms in total. The molecule has 1 heterocycles. The van der Waals surface area contributed by atoms with Crippen LogP contribution in [0.15, 0.2) is 0 Å². The molecule has 13 heavy (non-hydrogen) atoms. The number of urea groups is 1. The van der Waals surface area contributed by atoms with E-state index in [2.05, 4.69) is 0 Å². The van der Waals surface area contributed by atoms with Gasteiger partial charge in [-0.3, -0.25) is 0 Å². The van der Waals surface area contributed by atoms with Gasteiger partial charge in [-0.25, -0.2) is 9.59 Å². The highest BCUT2D eigenvalue weighted by Gasteiger charge is 2.30. The molecule has 0 aromatic carbocycles. The van der Waals surface area contributed by atoms with Crippen molar-refractivity contribution in [1.82, 2.24) is 4.90 Å². The number of carboxylic acid groups (broad SMARTS) is 1. The first kappa shape index (κ1) is 9.79. The molecule has 1 unspecified atom stereocenters. The number of likely N-dealkylation sites (tertiary alicyclic amines) is 1. The van der Waals surface area contributed by atoms with Crippen molar-refractivity contribution >= 4 is 12.0 Å². The van der Waals surface area contributed by atoms with E-state index in [0.29, 0.717) is 6.54 Å². The third-order valence-electron chi connectivity index (χ3n) is 1.96. The summed E-state index contributed by atoms with van der Waals surface area (Å²) in [5.41, 5.74) is 5.03. The number of aliphatic carboxylic acids is 1. The maximum atomic E-state index is 10.7. The van der Waals surface area contributed by atoms with E-state index in [1.54, 1.807) is 0 Å². The minimum atomic E-state index is -1.01. The van der Waals surface area contributed by atoms with Gasteiger partial charge in [0.05, 0.1) is 12.6 Å². The van der Waals surface area contributed by atoms with Crippen LogP contribution in [0.4, 0.5) is 4.79 Å². The Bertz CT molecular complexity index is 219. The molecular formula is C7H12N2O4. The Hall–Kier alpha value is -1.30. The van der Waals surface area contributed by atoms with Gasteiger partial charge in [0.25, 0.3) is 0 Å². The van der Waals surface area contributed by atoms with Crippen LogP contribution < -0.4 is 5.73 Å². The number of rotatable bonds is 4. The van der Waals surface area contributed by atoms with E-state index in [-0.39, 0.29) is 19.3 Å². The molecule has 0 bridgehead atoms. The summed E-state index contributed by atoms with van der Waals surface area (Å²) in [6, 6.07) is -0.521. The molecule has 6 heteroatoms. The van der Waals surface area contributed by atoms with Crippen LogP contribution in [0.25, 0.3) is 0 Å². The average Bonchev–Trinajstić information content (AvgIpc) is 1.93. The van der Waals surface area contributed by atoms with Crippen molar-refractivity contribution in [2.24, 2.45) is 5.73 Å². The van der Waals surface area contributed by atoms with Crippen LogP contribution in [0.3, 0.4) is 0 Å². The zero-order chi connectivity index (χ0) is 9.84. The quantitative estimate of drug-likeness (QED) is 0.606. The molecule has 1 fully saturated rings. The number of nitrogens with two attached hydrogens (primary N) is 1. The fourth-order valence-electron chi connectivity index (χ4n) is 1.19. The van der Waals surface area contributed by atoms with Gasteiger partial charge in [-0.2, -0.15) is 0 Å². The van der Waals surface area contributed by atoms with Gasteiger partial charge in [-0.15, -0.1) is 0 Å². The highest BCUT2D eigenvalue weighted by molar-refractivity contribution is 5.73. The molecule has 1 rings (SSSR count). The monoisotopic (exact) mass is 188 g/mol. The van der Waals surface area contributed by atoms with Gasteiger partial charge in [0.15, 0.2) is 0 Å². The van der Waals surface area contributed by atoms with Gasteiger partial charge in [0, 0.05) is 6.54 Å². The number of primary amides is 1. The lowest BCUT2D eigenvalue weighted by Gasteiger charge is -2.39. The number of amides is 2. The maximum absolute atomic E-state index is 10.7. The fourth-order valence-corrected chi connectivity index (χ4v) is 1.19. The zero-order valence-electron chi connectivity index (χ0n) is 7.10. The van der Waals surface area contributed by atoms with Crippen LogP contribution >= 0.6 is 0 Å². The van der Waals surface area contributed by atoms with Gasteiger partial charge < -0.3 is 20.5 Å². The first-order valence-corrected chi connectivity index (χ1v) is 3.97. The summed E-state index contributed by atoms with van der Waals surface area (Å²) < 4.78 is 4.83. The average molecular weight is 188 g/mol. The van der Waals surface area contributed by atoms with E-state index in [9.17, 15) is 9.59 Å². The maximum Gasteiger partial charge on any atom is 0.329 e. The Morgan fingerprint density at radius 3 is 2.69 bits per heavy atom. The van der Waals surface area contributed by atoms with Gasteiger partial charge in [-0.1, -0.05) is 0 Å². The Balaban J connectivity index is 2.15. The number of carbonyl (C=O) groups is 2. The SMILES string of the molecule is NC(=O)N1CCC1COCC(=O)O. The largest absolute Gasteiger partial charge is 0.480 e. The summed E-state index contributed by atoms with van der Waals surface area (Å²) in [7, 11) is 0. The van der Waals surface area contributed by atoms with E-state index in [0.717, 1.165) is 6.42 Å². The number of hydrogen-bond donors (Lipinski definition) is 2. The minimum absolute atomic E-state index is 0.0446. The van der Waals surface area contributed by atoms with Crippen LogP contribution in [0.2, 0.25) is 0 Å². The molecule has 0 spiro atoms. The molecular weight excluding hydrogens is 176 g/mol. The predicted octanol–water partition coefficient (Wildman–Crippen LogP) is -0.759. The second-order valence-electron chi connectivity index (χ2n) is 2.88. The highest BCUT2D eigenvalue weighted by Crippen LogP contribution is 2.16. The molecule has 0 radical (unpaired) electrons. The van der Waals surface area contributed by atoms with E-state index >= 15 is 0 Å². The van der Waals surface area contributed by atoms with Crippen molar-refractivity contribution in [3.63, 3.8) is 0 Å². The first-order chi connectivity index (χ1) is 6.11. The van der Waals surface area contributed by atoms with E-state index in [1.807, 2.05) is 0 Å². The molecule has 2 amide bonds. The highest BCUT2D eigenvalue weighted by atomic mass is 16.5. The Morgan fingerprint density at radius 1 is 1.62 bits per heavy atom. The molecule has 3 N–H and O–H groups in total. The summed E-state index contributed by atoms with van der Waals surface area (Å²) in [5, 5.41) is 8.26. The van der Waals surface area contributed by atoms with Crippen LogP contribution in [-0.4, -0.2) is 47.8 Å². The van der Waals surface area contributed by atoms with E-state index in [4.69, 9.17) is 15.6 Å². The fraction of sp³-hybridized carbons (Fsp3) is 0.714. The minimum Gasteiger partial charge on any atom is -0.480 e. The number of nitrogens with zero attached hydrogens (tertiary/aromatic N) is 1. The zero-order valence-corrected chi connectivity index (χ0v) is 7.10. The molecule has 74 valence electrons. The Morgan fingerprint density at radius 2 is 2.31 bits per heavy atom. The summed E-state index contributed by atoms with van der Waals surface area (Å²) in [4.78, 5) is 22.2. The third-order valence-corrected chi connectivity index (χ3v) is 1.96. The molecule has 1 aliphatic heterocycles. The lowest BCUT2D eigenvalue weighted by molar-refractivity contribution is -0.143. The van der Waals surface area contributed by atoms with E-state index in [1.165, 1.54) is 4.90 Å². The van der Waals surface area contributed by atoms with Crippen molar-refractivity contribution in [3.05, 3.63) is 0 Å². The number of ether oxygens (including phenoxy) is 1. The standard InChI is InChI=1S/C7H12N2O4/c8-7(12)9-2-1-5(9)3-13-4-6(10)11/h5H,1-4H2,(H2,8,12)(H,10,11). The van der Waals surface area contributed by atoms with Crippen molar-refractivity contribution < 1.29 is 19.4 Å². The summed E-state index contributed by atoms with van der Waals surface area (Å²) in [6.07, 6.45) is 0.822. The van der Waals surface area contributed by atoms with Crippen molar-refractivity contribution in [3.8, 4) is 0 Å². The van der Waals surface area contributed by atoms with Gasteiger partial charge in [-0.05, 0) is 6.42 Å². The lowest BCUT2D eigenvalue weighted by atomic mass is 10.1. The molecule has 1 atom stereocenters. The van der Waals surface area contributed by atoms with Crippen LogP contribution in [0.1, 0.15) is 6.42 Å². The van der Waals surface area contributed by atoms with Gasteiger partial charge in [0.1, 0.15) is 6.61 Å². The first-order valence-electron chi connectivity index (χ1n) is 3.97. The summed E-state index contributed by atoms with van der Waals surface area (Å²) in [5.74, 6) is -1.01. The van der Waals surface area contributed by atoms with Crippen molar-refractivity contribution in [2.75, 3.05) is 19.8 Å². The number of hydrogen-bond acceptors (Lipinski definition) is 3. The number of carboxylic acids is 1. The summed E-state index contributed by atoms with van der Waals surface area (Å²) in [6.45, 7) is 0.550. The van der Waals surface area contributed by atoms with Gasteiger partial charge in [0.2, 0.25) is 0 Å². The Kier molecular flexibility index (Phi) is 3.07. The Labute approximate surface area is 75.3 Å².